The third-order valence-corrected chi connectivity index (χ3v) is 4.08. The Morgan fingerprint density at radius 2 is 1.65 bits per heavy atom. The minimum absolute atomic E-state index is 0.292. The van der Waals surface area contributed by atoms with E-state index in [2.05, 4.69) is 28.8 Å². The van der Waals surface area contributed by atoms with Crippen molar-refractivity contribution in [1.82, 2.24) is 14.7 Å². The zero-order chi connectivity index (χ0) is 12.3. The monoisotopic (exact) mass is 238 g/mol. The van der Waals surface area contributed by atoms with Gasteiger partial charge in [0.25, 0.3) is 0 Å². The zero-order valence-electron chi connectivity index (χ0n) is 11.3. The SMILES string of the molecule is CN1CCCN(C)C(C(=N)N2CCCCC2)C1. The quantitative estimate of drug-likeness (QED) is 0.548. The molecular weight excluding hydrogens is 212 g/mol. The third kappa shape index (κ3) is 3.19. The summed E-state index contributed by atoms with van der Waals surface area (Å²) in [7, 11) is 4.35. The van der Waals surface area contributed by atoms with Gasteiger partial charge in [-0.3, -0.25) is 10.3 Å². The minimum atomic E-state index is 0.292. The van der Waals surface area contributed by atoms with Crippen molar-refractivity contribution in [2.24, 2.45) is 0 Å². The highest BCUT2D eigenvalue weighted by Gasteiger charge is 2.28. The van der Waals surface area contributed by atoms with Crippen molar-refractivity contribution in [3.05, 3.63) is 0 Å². The van der Waals surface area contributed by atoms with Crippen LogP contribution in [0.4, 0.5) is 0 Å². The van der Waals surface area contributed by atoms with Crippen molar-refractivity contribution in [3.8, 4) is 0 Å². The summed E-state index contributed by atoms with van der Waals surface area (Å²) in [6.07, 6.45) is 5.07. The van der Waals surface area contributed by atoms with Gasteiger partial charge in [0.2, 0.25) is 0 Å². The van der Waals surface area contributed by atoms with Gasteiger partial charge in [0, 0.05) is 19.6 Å². The number of rotatable bonds is 1. The molecule has 1 atom stereocenters. The first-order chi connectivity index (χ1) is 8.18. The number of nitrogens with zero attached hydrogens (tertiary/aromatic N) is 3. The van der Waals surface area contributed by atoms with Crippen molar-refractivity contribution in [2.75, 3.05) is 46.8 Å². The van der Waals surface area contributed by atoms with Crippen molar-refractivity contribution >= 4 is 5.84 Å². The number of hydrogen-bond acceptors (Lipinski definition) is 3. The Balaban J connectivity index is 1.99. The molecule has 1 unspecified atom stereocenters. The Hall–Kier alpha value is -0.610. The predicted molar refractivity (Wildman–Crippen MR) is 71.7 cm³/mol. The van der Waals surface area contributed by atoms with Crippen molar-refractivity contribution in [2.45, 2.75) is 31.7 Å². The fourth-order valence-corrected chi connectivity index (χ4v) is 2.91. The van der Waals surface area contributed by atoms with E-state index in [1.165, 1.54) is 25.7 Å². The molecule has 0 spiro atoms. The van der Waals surface area contributed by atoms with Gasteiger partial charge in [-0.05, 0) is 52.9 Å². The summed E-state index contributed by atoms with van der Waals surface area (Å²) in [4.78, 5) is 7.02. The number of nitrogens with one attached hydrogen (secondary N) is 1. The lowest BCUT2D eigenvalue weighted by molar-refractivity contribution is 0.244. The molecule has 2 rings (SSSR count). The van der Waals surface area contributed by atoms with Crippen LogP contribution in [0.25, 0.3) is 0 Å². The number of hydrogen-bond donors (Lipinski definition) is 1. The highest BCUT2D eigenvalue weighted by Crippen LogP contribution is 2.14. The van der Waals surface area contributed by atoms with Crippen LogP contribution in [0.5, 0.6) is 0 Å². The average Bonchev–Trinajstić information content (AvgIpc) is 2.51. The summed E-state index contributed by atoms with van der Waals surface area (Å²) in [5, 5.41) is 8.45. The van der Waals surface area contributed by atoms with Crippen molar-refractivity contribution in [3.63, 3.8) is 0 Å². The first-order valence-corrected chi connectivity index (χ1v) is 6.90. The van der Waals surface area contributed by atoms with Gasteiger partial charge in [-0.15, -0.1) is 0 Å². The normalized spacial score (nSPS) is 29.1. The molecule has 2 aliphatic heterocycles. The van der Waals surface area contributed by atoms with Crippen molar-refractivity contribution in [1.29, 1.82) is 5.41 Å². The molecule has 0 bridgehead atoms. The van der Waals surface area contributed by atoms with Crippen LogP contribution in [-0.4, -0.2) is 73.4 Å². The second-order valence-electron chi connectivity index (χ2n) is 5.55. The van der Waals surface area contributed by atoms with Gasteiger partial charge in [0.15, 0.2) is 0 Å². The first-order valence-electron chi connectivity index (χ1n) is 6.90. The molecule has 2 saturated heterocycles. The van der Waals surface area contributed by atoms with Gasteiger partial charge in [0.05, 0.1) is 6.04 Å². The standard InChI is InChI=1S/C13H26N4/c1-15-7-6-8-16(2)12(11-15)13(14)17-9-4-3-5-10-17/h12,14H,3-11H2,1-2H3. The predicted octanol–water partition coefficient (Wildman–Crippen LogP) is 1.09. The summed E-state index contributed by atoms with van der Waals surface area (Å²) < 4.78 is 0. The van der Waals surface area contributed by atoms with E-state index < -0.39 is 0 Å². The van der Waals surface area contributed by atoms with Crippen molar-refractivity contribution < 1.29 is 0 Å². The number of likely N-dealkylation sites (tertiary alicyclic amines) is 1. The molecule has 2 heterocycles. The third-order valence-electron chi connectivity index (χ3n) is 4.08. The highest BCUT2D eigenvalue weighted by atomic mass is 15.3. The van der Waals surface area contributed by atoms with E-state index in [9.17, 15) is 0 Å². The average molecular weight is 238 g/mol. The van der Waals surface area contributed by atoms with Crippen LogP contribution in [0.3, 0.4) is 0 Å². The molecule has 1 N–H and O–H groups in total. The molecular formula is C13H26N4. The summed E-state index contributed by atoms with van der Waals surface area (Å²) in [5.74, 6) is 0.848. The maximum Gasteiger partial charge on any atom is 0.115 e. The lowest BCUT2D eigenvalue weighted by Gasteiger charge is -2.36. The molecule has 2 aliphatic rings. The van der Waals surface area contributed by atoms with Gasteiger partial charge < -0.3 is 9.80 Å². The van der Waals surface area contributed by atoms with Crippen LogP contribution in [0, 0.1) is 5.41 Å². The van der Waals surface area contributed by atoms with Crippen LogP contribution in [0.1, 0.15) is 25.7 Å². The number of amidine groups is 1. The molecule has 4 nitrogen and oxygen atoms in total. The molecule has 0 aromatic heterocycles. The molecule has 98 valence electrons. The van der Waals surface area contributed by atoms with Gasteiger partial charge in [-0.25, -0.2) is 0 Å². The molecule has 0 radical (unpaired) electrons. The summed E-state index contributed by atoms with van der Waals surface area (Å²) in [6.45, 7) is 5.46. The largest absolute Gasteiger partial charge is 0.359 e. The van der Waals surface area contributed by atoms with Crippen LogP contribution < -0.4 is 0 Å². The summed E-state index contributed by atoms with van der Waals surface area (Å²) in [6, 6.07) is 0.292. The lowest BCUT2D eigenvalue weighted by atomic mass is 10.1. The van der Waals surface area contributed by atoms with E-state index in [-0.39, 0.29) is 0 Å². The van der Waals surface area contributed by atoms with E-state index in [0.29, 0.717) is 6.04 Å². The number of likely N-dealkylation sites (N-methyl/N-ethyl adjacent to an activating group) is 2. The minimum Gasteiger partial charge on any atom is -0.359 e. The Labute approximate surface area is 105 Å². The van der Waals surface area contributed by atoms with E-state index in [1.54, 1.807) is 0 Å². The van der Waals surface area contributed by atoms with E-state index in [4.69, 9.17) is 5.41 Å². The highest BCUT2D eigenvalue weighted by molar-refractivity contribution is 5.85. The molecule has 4 heteroatoms. The van der Waals surface area contributed by atoms with Gasteiger partial charge >= 0.3 is 0 Å². The maximum atomic E-state index is 8.45. The van der Waals surface area contributed by atoms with E-state index >= 15 is 0 Å². The van der Waals surface area contributed by atoms with Gasteiger partial charge in [-0.1, -0.05) is 0 Å². The molecule has 2 fully saturated rings. The molecule has 0 saturated carbocycles. The fourth-order valence-electron chi connectivity index (χ4n) is 2.91. The topological polar surface area (TPSA) is 33.6 Å². The van der Waals surface area contributed by atoms with Crippen LogP contribution in [0.15, 0.2) is 0 Å². The second-order valence-corrected chi connectivity index (χ2v) is 5.55. The first kappa shape index (κ1) is 12.8. The van der Waals surface area contributed by atoms with E-state index in [1.807, 2.05) is 0 Å². The lowest BCUT2D eigenvalue weighted by Crippen LogP contribution is -2.51. The Morgan fingerprint density at radius 3 is 2.35 bits per heavy atom. The Bertz CT molecular complexity index is 260. The Morgan fingerprint density at radius 1 is 0.941 bits per heavy atom. The zero-order valence-corrected chi connectivity index (χ0v) is 11.3. The van der Waals surface area contributed by atoms with E-state index in [0.717, 1.165) is 38.6 Å². The molecule has 0 aromatic carbocycles. The smallest absolute Gasteiger partial charge is 0.115 e. The van der Waals surface area contributed by atoms with Crippen LogP contribution in [0.2, 0.25) is 0 Å². The van der Waals surface area contributed by atoms with Crippen LogP contribution >= 0.6 is 0 Å². The maximum absolute atomic E-state index is 8.45. The number of piperidine rings is 1. The summed E-state index contributed by atoms with van der Waals surface area (Å²) in [5.41, 5.74) is 0. The van der Waals surface area contributed by atoms with Crippen LogP contribution in [-0.2, 0) is 0 Å². The van der Waals surface area contributed by atoms with Gasteiger partial charge in [-0.2, -0.15) is 0 Å². The second kappa shape index (κ2) is 5.83. The molecule has 0 aliphatic carbocycles. The molecule has 17 heavy (non-hydrogen) atoms. The Kier molecular flexibility index (Phi) is 4.40. The fraction of sp³-hybridized carbons (Fsp3) is 0.923. The van der Waals surface area contributed by atoms with Gasteiger partial charge in [0.1, 0.15) is 5.84 Å². The molecule has 0 aromatic rings. The summed E-state index contributed by atoms with van der Waals surface area (Å²) >= 11 is 0. The molecule has 0 amide bonds.